The largest absolute Gasteiger partial charge is 0.507 e. The first kappa shape index (κ1) is 18.0. The van der Waals surface area contributed by atoms with E-state index < -0.39 is 0 Å². The van der Waals surface area contributed by atoms with E-state index in [1.54, 1.807) is 18.2 Å². The number of aromatic amines is 1. The molecule has 136 valence electrons. The van der Waals surface area contributed by atoms with E-state index in [0.717, 1.165) is 14.7 Å². The molecule has 0 radical (unpaired) electrons. The van der Waals surface area contributed by atoms with Crippen LogP contribution >= 0.6 is 39.0 Å². The summed E-state index contributed by atoms with van der Waals surface area (Å²) in [6.07, 6.45) is 0. The fourth-order valence-corrected chi connectivity index (χ4v) is 4.18. The second kappa shape index (κ2) is 7.67. The van der Waals surface area contributed by atoms with E-state index >= 15 is 0 Å². The van der Waals surface area contributed by atoms with Crippen LogP contribution in [0.4, 0.5) is 5.13 Å². The number of hydrogen-bond donors (Lipinski definition) is 3. The minimum atomic E-state index is -0.185. The van der Waals surface area contributed by atoms with Gasteiger partial charge in [-0.1, -0.05) is 51.2 Å². The maximum absolute atomic E-state index is 12.2. The zero-order chi connectivity index (χ0) is 18.8. The lowest BCUT2D eigenvalue weighted by Crippen LogP contribution is -2.13. The zero-order valence-corrected chi connectivity index (χ0v) is 16.9. The highest BCUT2D eigenvalue weighted by Crippen LogP contribution is 2.30. The number of phenolic OH excluding ortho intramolecular Hbond substituents is 1. The molecule has 3 N–H and O–H groups in total. The van der Waals surface area contributed by atoms with Crippen LogP contribution in [-0.4, -0.2) is 36.9 Å². The van der Waals surface area contributed by atoms with Crippen LogP contribution in [-0.2, 0) is 4.79 Å². The van der Waals surface area contributed by atoms with Crippen molar-refractivity contribution in [3.63, 3.8) is 0 Å². The number of carbonyl (C=O) groups is 1. The number of phenols is 1. The van der Waals surface area contributed by atoms with Gasteiger partial charge in [0.15, 0.2) is 11.0 Å². The Hall–Kier alpha value is -2.43. The van der Waals surface area contributed by atoms with Crippen molar-refractivity contribution in [2.45, 2.75) is 5.16 Å². The third kappa shape index (κ3) is 4.12. The SMILES string of the molecule is O=C(CSc1n[nH]c(-c2cc(Br)ccc2O)n1)Nc1nc2ccccc2s1. The molecule has 10 heteroatoms. The Balaban J connectivity index is 1.39. The molecule has 7 nitrogen and oxygen atoms in total. The van der Waals surface area contributed by atoms with Gasteiger partial charge >= 0.3 is 0 Å². The number of aromatic hydroxyl groups is 1. The smallest absolute Gasteiger partial charge is 0.236 e. The molecule has 27 heavy (non-hydrogen) atoms. The number of para-hydroxylation sites is 1. The minimum absolute atomic E-state index is 0.0967. The van der Waals surface area contributed by atoms with Crippen LogP contribution < -0.4 is 5.32 Å². The molecule has 0 fully saturated rings. The Bertz CT molecular complexity index is 1090. The minimum Gasteiger partial charge on any atom is -0.507 e. The average Bonchev–Trinajstić information content (AvgIpc) is 3.28. The quantitative estimate of drug-likeness (QED) is 0.383. The maximum atomic E-state index is 12.2. The molecule has 2 aromatic carbocycles. The summed E-state index contributed by atoms with van der Waals surface area (Å²) in [4.78, 5) is 20.9. The molecule has 0 unspecified atom stereocenters. The second-order valence-electron chi connectivity index (χ2n) is 5.45. The van der Waals surface area contributed by atoms with E-state index in [4.69, 9.17) is 0 Å². The fourth-order valence-electron chi connectivity index (χ4n) is 2.34. The molecule has 0 aliphatic heterocycles. The van der Waals surface area contributed by atoms with Crippen molar-refractivity contribution in [1.82, 2.24) is 20.2 Å². The lowest BCUT2D eigenvalue weighted by molar-refractivity contribution is -0.113. The van der Waals surface area contributed by atoms with Gasteiger partial charge in [0, 0.05) is 4.47 Å². The summed E-state index contributed by atoms with van der Waals surface area (Å²) in [5.74, 6) is 0.496. The topological polar surface area (TPSA) is 104 Å². The standard InChI is InChI=1S/C17H12BrN5O2S2/c18-9-5-6-12(24)10(7-9)15-21-17(23-22-15)26-8-14(25)20-16-19-11-3-1-2-4-13(11)27-16/h1-7,24H,8H2,(H,19,20,25)(H,21,22,23). The van der Waals surface area contributed by atoms with E-state index in [0.29, 0.717) is 21.7 Å². The molecule has 0 spiro atoms. The molecule has 0 bridgehead atoms. The molecule has 4 aromatic rings. The monoisotopic (exact) mass is 461 g/mol. The molecular weight excluding hydrogens is 450 g/mol. The van der Waals surface area contributed by atoms with E-state index in [2.05, 4.69) is 41.4 Å². The highest BCUT2D eigenvalue weighted by molar-refractivity contribution is 9.10. The van der Waals surface area contributed by atoms with Crippen LogP contribution in [0.3, 0.4) is 0 Å². The number of rotatable bonds is 5. The van der Waals surface area contributed by atoms with Crippen molar-refractivity contribution in [3.05, 3.63) is 46.9 Å². The van der Waals surface area contributed by atoms with Gasteiger partial charge in [-0.05, 0) is 30.3 Å². The van der Waals surface area contributed by atoms with Crippen molar-refractivity contribution in [1.29, 1.82) is 0 Å². The van der Waals surface area contributed by atoms with Crippen LogP contribution in [0.5, 0.6) is 5.75 Å². The lowest BCUT2D eigenvalue weighted by atomic mass is 10.2. The number of thioether (sulfide) groups is 1. The average molecular weight is 462 g/mol. The number of carbonyl (C=O) groups excluding carboxylic acids is 1. The molecule has 0 aliphatic carbocycles. The number of halogens is 1. The zero-order valence-electron chi connectivity index (χ0n) is 13.6. The summed E-state index contributed by atoms with van der Waals surface area (Å²) in [5, 5.41) is 20.6. The van der Waals surface area contributed by atoms with Gasteiger partial charge in [0.05, 0.1) is 21.5 Å². The van der Waals surface area contributed by atoms with Crippen molar-refractivity contribution >= 4 is 60.3 Å². The Kier molecular flexibility index (Phi) is 5.10. The normalized spacial score (nSPS) is 11.0. The van der Waals surface area contributed by atoms with Gasteiger partial charge in [0.25, 0.3) is 0 Å². The number of H-pyrrole nitrogens is 1. The van der Waals surface area contributed by atoms with E-state index in [1.807, 2.05) is 24.3 Å². The number of nitrogens with zero attached hydrogens (tertiary/aromatic N) is 3. The molecular formula is C17H12BrN5O2S2. The molecule has 2 heterocycles. The maximum Gasteiger partial charge on any atom is 0.236 e. The van der Waals surface area contributed by atoms with Crippen LogP contribution in [0.2, 0.25) is 0 Å². The first-order chi connectivity index (χ1) is 13.1. The van der Waals surface area contributed by atoms with E-state index in [-0.39, 0.29) is 17.4 Å². The van der Waals surface area contributed by atoms with Gasteiger partial charge < -0.3 is 10.4 Å². The number of anilines is 1. The van der Waals surface area contributed by atoms with Gasteiger partial charge in [-0.25, -0.2) is 9.97 Å². The molecule has 0 saturated carbocycles. The fraction of sp³-hybridized carbons (Fsp3) is 0.0588. The van der Waals surface area contributed by atoms with Crippen molar-refractivity contribution < 1.29 is 9.90 Å². The molecule has 1 amide bonds. The Morgan fingerprint density at radius 3 is 2.96 bits per heavy atom. The van der Waals surface area contributed by atoms with Gasteiger partial charge in [0.2, 0.25) is 11.1 Å². The Labute approximate surface area is 170 Å². The summed E-state index contributed by atoms with van der Waals surface area (Å²) < 4.78 is 1.84. The van der Waals surface area contributed by atoms with Crippen LogP contribution in [0.25, 0.3) is 21.6 Å². The van der Waals surface area contributed by atoms with E-state index in [1.165, 1.54) is 23.1 Å². The number of fused-ring (bicyclic) bond motifs is 1. The van der Waals surface area contributed by atoms with Gasteiger partial charge in [-0.15, -0.1) is 5.10 Å². The summed E-state index contributed by atoms with van der Waals surface area (Å²) in [5.41, 5.74) is 1.39. The summed E-state index contributed by atoms with van der Waals surface area (Å²) in [6.45, 7) is 0. The summed E-state index contributed by atoms with van der Waals surface area (Å²) >= 11 is 5.99. The second-order valence-corrected chi connectivity index (χ2v) is 8.34. The van der Waals surface area contributed by atoms with Crippen molar-refractivity contribution in [3.8, 4) is 17.1 Å². The Morgan fingerprint density at radius 1 is 1.26 bits per heavy atom. The highest BCUT2D eigenvalue weighted by atomic mass is 79.9. The number of nitrogens with one attached hydrogen (secondary N) is 2. The van der Waals surface area contributed by atoms with Gasteiger partial charge in [-0.3, -0.25) is 9.89 Å². The third-order valence-corrected chi connectivity index (χ3v) is 5.84. The summed E-state index contributed by atoms with van der Waals surface area (Å²) in [7, 11) is 0. The molecule has 0 saturated heterocycles. The number of thiazole rings is 1. The first-order valence-corrected chi connectivity index (χ1v) is 10.4. The number of amides is 1. The highest BCUT2D eigenvalue weighted by Gasteiger charge is 2.13. The number of aromatic nitrogens is 4. The lowest BCUT2D eigenvalue weighted by Gasteiger charge is -2.01. The number of hydrogen-bond acceptors (Lipinski definition) is 7. The van der Waals surface area contributed by atoms with Gasteiger partial charge in [0.1, 0.15) is 5.75 Å². The van der Waals surface area contributed by atoms with Crippen molar-refractivity contribution in [2.75, 3.05) is 11.1 Å². The van der Waals surface area contributed by atoms with Crippen LogP contribution in [0.1, 0.15) is 0 Å². The predicted molar refractivity (Wildman–Crippen MR) is 110 cm³/mol. The van der Waals surface area contributed by atoms with Crippen molar-refractivity contribution in [2.24, 2.45) is 0 Å². The Morgan fingerprint density at radius 2 is 2.11 bits per heavy atom. The van der Waals surface area contributed by atoms with Crippen LogP contribution in [0, 0.1) is 0 Å². The molecule has 4 rings (SSSR count). The number of benzene rings is 2. The predicted octanol–water partition coefficient (Wildman–Crippen LogP) is 4.28. The molecule has 0 aliphatic rings. The third-order valence-electron chi connectivity index (χ3n) is 3.55. The summed E-state index contributed by atoms with van der Waals surface area (Å²) in [6, 6.07) is 12.8. The first-order valence-electron chi connectivity index (χ1n) is 7.78. The van der Waals surface area contributed by atoms with Crippen LogP contribution in [0.15, 0.2) is 52.1 Å². The molecule has 0 atom stereocenters. The van der Waals surface area contributed by atoms with E-state index in [9.17, 15) is 9.90 Å². The van der Waals surface area contributed by atoms with Gasteiger partial charge in [-0.2, -0.15) is 0 Å². The molecule has 2 aromatic heterocycles.